The van der Waals surface area contributed by atoms with Gasteiger partial charge in [0.15, 0.2) is 0 Å². The molecule has 1 atom stereocenters. The molecule has 0 aromatic heterocycles. The Hall–Kier alpha value is -2.07. The Balaban J connectivity index is 2.24. The van der Waals surface area contributed by atoms with E-state index in [-0.39, 0.29) is 18.4 Å². The predicted octanol–water partition coefficient (Wildman–Crippen LogP) is 1.78. The molecule has 19 heavy (non-hydrogen) atoms. The van der Waals surface area contributed by atoms with E-state index < -0.39 is 0 Å². The number of carbonyl (C=O) groups excluding carboxylic acids is 1. The molecule has 0 heterocycles. The van der Waals surface area contributed by atoms with E-state index in [2.05, 4.69) is 5.32 Å². The summed E-state index contributed by atoms with van der Waals surface area (Å²) in [4.78, 5) is 12.1. The molecule has 4 nitrogen and oxygen atoms in total. The second kappa shape index (κ2) is 5.71. The standard InChI is InChI=1S/C15H18N2O2/c1-10(9-18)8-17-15(19)13-6-11-4-2-3-5-12(11)7-14(13)16/h2-7,10,18H,8-9,16H2,1H3,(H,17,19). The topological polar surface area (TPSA) is 75.3 Å². The SMILES string of the molecule is CC(CO)CNC(=O)c1cc2ccccc2cc1N. The second-order valence-electron chi connectivity index (χ2n) is 4.78. The Bertz CT molecular complexity index is 596. The van der Waals surface area contributed by atoms with Gasteiger partial charge >= 0.3 is 0 Å². The van der Waals surface area contributed by atoms with Crippen molar-refractivity contribution in [2.75, 3.05) is 18.9 Å². The molecular formula is C15H18N2O2. The average Bonchev–Trinajstić information content (AvgIpc) is 2.43. The normalized spacial score (nSPS) is 12.3. The number of aliphatic hydroxyl groups excluding tert-OH is 1. The molecule has 0 aliphatic rings. The van der Waals surface area contributed by atoms with Gasteiger partial charge in [-0.2, -0.15) is 0 Å². The van der Waals surface area contributed by atoms with Gasteiger partial charge in [-0.3, -0.25) is 4.79 Å². The summed E-state index contributed by atoms with van der Waals surface area (Å²) >= 11 is 0. The fourth-order valence-corrected chi connectivity index (χ4v) is 1.88. The third-order valence-electron chi connectivity index (χ3n) is 3.09. The summed E-state index contributed by atoms with van der Waals surface area (Å²) in [6, 6.07) is 11.4. The number of hydrogen-bond acceptors (Lipinski definition) is 3. The molecule has 1 amide bonds. The summed E-state index contributed by atoms with van der Waals surface area (Å²) in [7, 11) is 0. The number of nitrogen functional groups attached to an aromatic ring is 1. The number of nitrogens with one attached hydrogen (secondary N) is 1. The smallest absolute Gasteiger partial charge is 0.253 e. The fraction of sp³-hybridized carbons (Fsp3) is 0.267. The van der Waals surface area contributed by atoms with Crippen molar-refractivity contribution in [2.45, 2.75) is 6.92 Å². The monoisotopic (exact) mass is 258 g/mol. The van der Waals surface area contributed by atoms with Gasteiger partial charge in [0.05, 0.1) is 5.56 Å². The third kappa shape index (κ3) is 3.03. The zero-order valence-corrected chi connectivity index (χ0v) is 10.9. The predicted molar refractivity (Wildman–Crippen MR) is 76.9 cm³/mol. The molecule has 4 N–H and O–H groups in total. The first-order valence-electron chi connectivity index (χ1n) is 6.29. The van der Waals surface area contributed by atoms with Crippen LogP contribution in [0.3, 0.4) is 0 Å². The molecule has 0 radical (unpaired) electrons. The van der Waals surface area contributed by atoms with E-state index in [0.717, 1.165) is 10.8 Å². The average molecular weight is 258 g/mol. The van der Waals surface area contributed by atoms with E-state index >= 15 is 0 Å². The highest BCUT2D eigenvalue weighted by molar-refractivity contribution is 6.03. The molecule has 0 saturated carbocycles. The van der Waals surface area contributed by atoms with Crippen molar-refractivity contribution in [3.8, 4) is 0 Å². The summed E-state index contributed by atoms with van der Waals surface area (Å²) in [5, 5.41) is 13.7. The Morgan fingerprint density at radius 2 is 1.95 bits per heavy atom. The first-order chi connectivity index (χ1) is 9.11. The maximum atomic E-state index is 12.1. The van der Waals surface area contributed by atoms with Gasteiger partial charge in [-0.05, 0) is 28.8 Å². The summed E-state index contributed by atoms with van der Waals surface area (Å²) in [5.74, 6) is -0.172. The number of carbonyl (C=O) groups is 1. The zero-order valence-electron chi connectivity index (χ0n) is 10.9. The number of nitrogens with two attached hydrogens (primary N) is 1. The zero-order chi connectivity index (χ0) is 13.8. The molecule has 2 rings (SSSR count). The van der Waals surface area contributed by atoms with E-state index in [4.69, 9.17) is 10.8 Å². The summed E-state index contributed by atoms with van der Waals surface area (Å²) in [6.45, 7) is 2.35. The number of hydrogen-bond donors (Lipinski definition) is 3. The molecular weight excluding hydrogens is 240 g/mol. The van der Waals surface area contributed by atoms with Gasteiger partial charge < -0.3 is 16.2 Å². The maximum Gasteiger partial charge on any atom is 0.253 e. The second-order valence-corrected chi connectivity index (χ2v) is 4.78. The summed E-state index contributed by atoms with van der Waals surface area (Å²) in [6.07, 6.45) is 0. The Kier molecular flexibility index (Phi) is 4.02. The minimum atomic E-state index is -0.205. The Morgan fingerprint density at radius 1 is 1.32 bits per heavy atom. The molecule has 0 bridgehead atoms. The minimum Gasteiger partial charge on any atom is -0.398 e. The highest BCUT2D eigenvalue weighted by Gasteiger charge is 2.11. The van der Waals surface area contributed by atoms with Crippen LogP contribution in [0.1, 0.15) is 17.3 Å². The molecule has 100 valence electrons. The lowest BCUT2D eigenvalue weighted by molar-refractivity contribution is 0.0943. The molecule has 4 heteroatoms. The van der Waals surface area contributed by atoms with Crippen molar-refractivity contribution in [3.63, 3.8) is 0 Å². The van der Waals surface area contributed by atoms with Gasteiger partial charge in [-0.1, -0.05) is 31.2 Å². The lowest BCUT2D eigenvalue weighted by Crippen LogP contribution is -2.30. The van der Waals surface area contributed by atoms with Crippen molar-refractivity contribution < 1.29 is 9.90 Å². The molecule has 0 saturated heterocycles. The van der Waals surface area contributed by atoms with Crippen LogP contribution in [-0.4, -0.2) is 24.2 Å². The minimum absolute atomic E-state index is 0.0330. The highest BCUT2D eigenvalue weighted by atomic mass is 16.3. The van der Waals surface area contributed by atoms with E-state index in [1.165, 1.54) is 0 Å². The van der Waals surface area contributed by atoms with Crippen molar-refractivity contribution in [1.29, 1.82) is 0 Å². The largest absolute Gasteiger partial charge is 0.398 e. The van der Waals surface area contributed by atoms with E-state index in [0.29, 0.717) is 17.8 Å². The van der Waals surface area contributed by atoms with E-state index in [9.17, 15) is 4.79 Å². The molecule has 1 unspecified atom stereocenters. The maximum absolute atomic E-state index is 12.1. The molecule has 2 aromatic rings. The van der Waals surface area contributed by atoms with Crippen molar-refractivity contribution in [2.24, 2.45) is 5.92 Å². The molecule has 0 aliphatic carbocycles. The molecule has 2 aromatic carbocycles. The summed E-state index contributed by atoms with van der Waals surface area (Å²) in [5.41, 5.74) is 6.86. The van der Waals surface area contributed by atoms with Crippen LogP contribution in [0.5, 0.6) is 0 Å². The van der Waals surface area contributed by atoms with E-state index in [1.54, 1.807) is 12.1 Å². The summed E-state index contributed by atoms with van der Waals surface area (Å²) < 4.78 is 0. The van der Waals surface area contributed by atoms with Gasteiger partial charge in [0.25, 0.3) is 5.91 Å². The van der Waals surface area contributed by atoms with Gasteiger partial charge in [0.2, 0.25) is 0 Å². The van der Waals surface area contributed by atoms with E-state index in [1.807, 2.05) is 31.2 Å². The van der Waals surface area contributed by atoms with Gasteiger partial charge in [0.1, 0.15) is 0 Å². The molecule has 0 spiro atoms. The van der Waals surface area contributed by atoms with Crippen molar-refractivity contribution >= 4 is 22.4 Å². The lowest BCUT2D eigenvalue weighted by Gasteiger charge is -2.11. The number of anilines is 1. The van der Waals surface area contributed by atoms with Crippen LogP contribution in [-0.2, 0) is 0 Å². The van der Waals surface area contributed by atoms with Gasteiger partial charge in [-0.15, -0.1) is 0 Å². The van der Waals surface area contributed by atoms with Crippen molar-refractivity contribution in [1.82, 2.24) is 5.32 Å². The third-order valence-corrected chi connectivity index (χ3v) is 3.09. The highest BCUT2D eigenvalue weighted by Crippen LogP contribution is 2.21. The number of aliphatic hydroxyl groups is 1. The molecule has 0 fully saturated rings. The van der Waals surface area contributed by atoms with Crippen LogP contribution < -0.4 is 11.1 Å². The fourth-order valence-electron chi connectivity index (χ4n) is 1.88. The van der Waals surface area contributed by atoms with Crippen LogP contribution in [0, 0.1) is 5.92 Å². The quantitative estimate of drug-likeness (QED) is 0.732. The van der Waals surface area contributed by atoms with Crippen LogP contribution >= 0.6 is 0 Å². The lowest BCUT2D eigenvalue weighted by atomic mass is 10.0. The van der Waals surface area contributed by atoms with Gasteiger partial charge in [0, 0.05) is 18.8 Å². The first-order valence-corrected chi connectivity index (χ1v) is 6.29. The van der Waals surface area contributed by atoms with Crippen LogP contribution in [0.25, 0.3) is 10.8 Å². The van der Waals surface area contributed by atoms with Crippen LogP contribution in [0.15, 0.2) is 36.4 Å². The number of amides is 1. The Morgan fingerprint density at radius 3 is 2.58 bits per heavy atom. The Labute approximate surface area is 112 Å². The first kappa shape index (κ1) is 13.4. The molecule has 0 aliphatic heterocycles. The van der Waals surface area contributed by atoms with Gasteiger partial charge in [-0.25, -0.2) is 0 Å². The van der Waals surface area contributed by atoms with Crippen LogP contribution in [0.4, 0.5) is 5.69 Å². The van der Waals surface area contributed by atoms with Crippen molar-refractivity contribution in [3.05, 3.63) is 42.0 Å². The number of rotatable bonds is 4. The number of benzene rings is 2. The van der Waals surface area contributed by atoms with Crippen LogP contribution in [0.2, 0.25) is 0 Å². The number of fused-ring (bicyclic) bond motifs is 1.